The number of Topliss-reactive ketones (excluding diaryl/α,β-unsaturated/α-hetero) is 2. The third-order valence-corrected chi connectivity index (χ3v) is 2.28. The number of benzene rings is 2. The number of hydrogen-bond donors (Lipinski definition) is 0. The number of carbonyl (C=O) groups excluding carboxylic acids is 2. The molecule has 0 aliphatic carbocycles. The van der Waals surface area contributed by atoms with E-state index in [0.29, 0.717) is 11.1 Å². The first-order valence-electron chi connectivity index (χ1n) is 6.35. The van der Waals surface area contributed by atoms with Crippen molar-refractivity contribution >= 4 is 30.8 Å². The standard InChI is InChI=1S/C14H10O2.C2H7ClSi/c15-13(11-7-3-1-4-8-11)14(16)12-9-5-2-6-10-12;1-4(2)3/h1-10H;4H,1-2H3. The Bertz CT molecular complexity index is 501. The van der Waals surface area contributed by atoms with Crippen LogP contribution in [0.25, 0.3) is 0 Å². The molecule has 2 aromatic carbocycles. The summed E-state index contributed by atoms with van der Waals surface area (Å²) >= 11 is 5.41. The van der Waals surface area contributed by atoms with Crippen molar-refractivity contribution in [2.45, 2.75) is 13.1 Å². The lowest BCUT2D eigenvalue weighted by Gasteiger charge is -1.99. The number of halogens is 1. The van der Waals surface area contributed by atoms with Gasteiger partial charge in [0.2, 0.25) is 11.6 Å². The SMILES string of the molecule is C[SiH](C)Cl.O=C(C(=O)c1ccccc1)c1ccccc1. The average molecular weight is 305 g/mol. The molecular weight excluding hydrogens is 288 g/mol. The van der Waals surface area contributed by atoms with Gasteiger partial charge >= 0.3 is 0 Å². The molecule has 0 heterocycles. The molecule has 0 aromatic heterocycles. The van der Waals surface area contributed by atoms with Crippen molar-refractivity contribution in [3.63, 3.8) is 0 Å². The summed E-state index contributed by atoms with van der Waals surface area (Å²) < 4.78 is 0. The molecule has 2 rings (SSSR count). The van der Waals surface area contributed by atoms with E-state index in [1.807, 2.05) is 12.1 Å². The van der Waals surface area contributed by atoms with E-state index in [1.165, 1.54) is 0 Å². The topological polar surface area (TPSA) is 34.1 Å². The van der Waals surface area contributed by atoms with E-state index in [4.69, 9.17) is 11.1 Å². The maximum atomic E-state index is 11.8. The smallest absolute Gasteiger partial charge is 0.233 e. The van der Waals surface area contributed by atoms with Crippen molar-refractivity contribution in [1.29, 1.82) is 0 Å². The highest BCUT2D eigenvalue weighted by molar-refractivity contribution is 7.05. The molecule has 0 saturated heterocycles. The molecule has 4 heteroatoms. The molecule has 0 fully saturated rings. The van der Waals surface area contributed by atoms with E-state index in [-0.39, 0.29) is 0 Å². The van der Waals surface area contributed by atoms with Crippen LogP contribution >= 0.6 is 11.1 Å². The Morgan fingerprint density at radius 2 is 1.00 bits per heavy atom. The Morgan fingerprint density at radius 3 is 1.25 bits per heavy atom. The Balaban J connectivity index is 0.000000444. The summed E-state index contributed by atoms with van der Waals surface area (Å²) in [5, 5.41) is 0. The van der Waals surface area contributed by atoms with Crippen LogP contribution in [0.4, 0.5) is 0 Å². The molecule has 2 aromatic rings. The Labute approximate surface area is 125 Å². The maximum absolute atomic E-state index is 11.8. The highest BCUT2D eigenvalue weighted by Crippen LogP contribution is 2.07. The Morgan fingerprint density at radius 1 is 0.750 bits per heavy atom. The molecule has 104 valence electrons. The van der Waals surface area contributed by atoms with Crippen molar-refractivity contribution < 1.29 is 9.59 Å². The Hall–Kier alpha value is -1.71. The van der Waals surface area contributed by atoms with Crippen molar-refractivity contribution in [3.8, 4) is 0 Å². The fraction of sp³-hybridized carbons (Fsp3) is 0.125. The minimum atomic E-state index is -0.667. The van der Waals surface area contributed by atoms with Crippen LogP contribution in [0.2, 0.25) is 13.1 Å². The monoisotopic (exact) mass is 304 g/mol. The fourth-order valence-corrected chi connectivity index (χ4v) is 1.44. The van der Waals surface area contributed by atoms with Gasteiger partial charge in [0.05, 0.1) is 0 Å². The average Bonchev–Trinajstić information content (AvgIpc) is 2.47. The molecule has 0 bridgehead atoms. The van der Waals surface area contributed by atoms with Gasteiger partial charge < -0.3 is 0 Å². The van der Waals surface area contributed by atoms with Gasteiger partial charge in [0.1, 0.15) is 8.11 Å². The summed E-state index contributed by atoms with van der Waals surface area (Å²) in [6.07, 6.45) is 0. The van der Waals surface area contributed by atoms with Crippen LogP contribution in [0.5, 0.6) is 0 Å². The molecule has 0 aliphatic heterocycles. The largest absolute Gasteiger partial charge is 0.285 e. The van der Waals surface area contributed by atoms with Gasteiger partial charge in [-0.3, -0.25) is 9.59 Å². The molecule has 0 N–H and O–H groups in total. The molecule has 0 aliphatic rings. The molecule has 0 radical (unpaired) electrons. The second-order valence-electron chi connectivity index (χ2n) is 4.40. The summed E-state index contributed by atoms with van der Waals surface area (Å²) in [6, 6.07) is 17.2. The first-order chi connectivity index (χ1) is 9.52. The zero-order valence-electron chi connectivity index (χ0n) is 11.5. The van der Waals surface area contributed by atoms with Crippen LogP contribution in [0, 0.1) is 0 Å². The van der Waals surface area contributed by atoms with E-state index in [9.17, 15) is 9.59 Å². The molecule has 0 amide bonds. The maximum Gasteiger partial charge on any atom is 0.233 e. The van der Waals surface area contributed by atoms with Gasteiger partial charge in [-0.25, -0.2) is 0 Å². The van der Waals surface area contributed by atoms with Crippen LogP contribution < -0.4 is 0 Å². The summed E-state index contributed by atoms with van der Waals surface area (Å²) in [6.45, 7) is 4.14. The quantitative estimate of drug-likeness (QED) is 0.372. The lowest BCUT2D eigenvalue weighted by molar-refractivity contribution is 0.0817. The number of rotatable bonds is 3. The van der Waals surface area contributed by atoms with Gasteiger partial charge in [-0.1, -0.05) is 73.8 Å². The van der Waals surface area contributed by atoms with Crippen LogP contribution in [-0.2, 0) is 0 Å². The predicted octanol–water partition coefficient (Wildman–Crippen LogP) is 3.96. The number of ketones is 2. The van der Waals surface area contributed by atoms with Gasteiger partial charge in [0.15, 0.2) is 0 Å². The van der Waals surface area contributed by atoms with E-state index >= 15 is 0 Å². The summed E-state index contributed by atoms with van der Waals surface area (Å²) in [7, 11) is -0.667. The van der Waals surface area contributed by atoms with Crippen molar-refractivity contribution in [2.24, 2.45) is 0 Å². The minimum Gasteiger partial charge on any atom is -0.285 e. The fourth-order valence-electron chi connectivity index (χ4n) is 1.44. The predicted molar refractivity (Wildman–Crippen MR) is 86.3 cm³/mol. The van der Waals surface area contributed by atoms with Gasteiger partial charge in [0.25, 0.3) is 0 Å². The molecule has 20 heavy (non-hydrogen) atoms. The molecule has 2 nitrogen and oxygen atoms in total. The van der Waals surface area contributed by atoms with Gasteiger partial charge in [-0.2, -0.15) is 11.1 Å². The Kier molecular flexibility index (Phi) is 6.91. The van der Waals surface area contributed by atoms with Gasteiger partial charge in [-0.15, -0.1) is 0 Å². The van der Waals surface area contributed by atoms with E-state index < -0.39 is 19.7 Å². The summed E-state index contributed by atoms with van der Waals surface area (Å²) in [4.78, 5) is 23.6. The van der Waals surface area contributed by atoms with Crippen LogP contribution in [-0.4, -0.2) is 19.7 Å². The normalized spacial score (nSPS) is 9.60. The highest BCUT2D eigenvalue weighted by Gasteiger charge is 2.16. The second-order valence-corrected chi connectivity index (χ2v) is 9.05. The zero-order valence-corrected chi connectivity index (χ0v) is 13.5. The van der Waals surface area contributed by atoms with E-state index in [0.717, 1.165) is 0 Å². The molecule has 0 saturated carbocycles. The lowest BCUT2D eigenvalue weighted by atomic mass is 10.0. The molecular formula is C16H17ClO2Si. The third kappa shape index (κ3) is 5.51. The first-order valence-corrected chi connectivity index (χ1v) is 10.4. The van der Waals surface area contributed by atoms with E-state index in [2.05, 4.69) is 13.1 Å². The van der Waals surface area contributed by atoms with Crippen LogP contribution in [0.3, 0.4) is 0 Å². The van der Waals surface area contributed by atoms with Gasteiger partial charge in [0, 0.05) is 11.1 Å². The highest BCUT2D eigenvalue weighted by atomic mass is 35.6. The number of carbonyl (C=O) groups is 2. The second kappa shape index (κ2) is 8.46. The molecule has 0 unspecified atom stereocenters. The van der Waals surface area contributed by atoms with Crippen molar-refractivity contribution in [3.05, 3.63) is 71.8 Å². The van der Waals surface area contributed by atoms with Crippen LogP contribution in [0.1, 0.15) is 20.7 Å². The first kappa shape index (κ1) is 16.3. The summed E-state index contributed by atoms with van der Waals surface area (Å²) in [5.41, 5.74) is 0.854. The lowest BCUT2D eigenvalue weighted by Crippen LogP contribution is -2.14. The zero-order chi connectivity index (χ0) is 15.0. The molecule has 0 atom stereocenters. The molecule has 0 spiro atoms. The summed E-state index contributed by atoms with van der Waals surface area (Å²) in [5.74, 6) is -0.932. The van der Waals surface area contributed by atoms with E-state index in [1.54, 1.807) is 48.5 Å². The van der Waals surface area contributed by atoms with Crippen LogP contribution in [0.15, 0.2) is 60.7 Å². The third-order valence-electron chi connectivity index (χ3n) is 2.28. The minimum absolute atomic E-state index is 0.427. The number of hydrogen-bond acceptors (Lipinski definition) is 2. The van der Waals surface area contributed by atoms with Gasteiger partial charge in [-0.05, 0) is 0 Å². The van der Waals surface area contributed by atoms with Crippen molar-refractivity contribution in [1.82, 2.24) is 0 Å². The van der Waals surface area contributed by atoms with Crippen molar-refractivity contribution in [2.75, 3.05) is 0 Å².